The van der Waals surface area contributed by atoms with E-state index in [0.717, 1.165) is 14.9 Å². The van der Waals surface area contributed by atoms with Crippen LogP contribution in [0.2, 0.25) is 0 Å². The fourth-order valence-corrected chi connectivity index (χ4v) is 2.16. The van der Waals surface area contributed by atoms with E-state index >= 15 is 0 Å². The molecule has 2 rings (SSSR count). The molecule has 0 aliphatic carbocycles. The van der Waals surface area contributed by atoms with Gasteiger partial charge in [-0.2, -0.15) is 0 Å². The van der Waals surface area contributed by atoms with Crippen molar-refractivity contribution in [1.29, 1.82) is 0 Å². The van der Waals surface area contributed by atoms with Crippen molar-refractivity contribution < 1.29 is 9.53 Å². The van der Waals surface area contributed by atoms with Crippen LogP contribution in [0.5, 0.6) is 5.75 Å². The van der Waals surface area contributed by atoms with Crippen molar-refractivity contribution in [2.45, 2.75) is 0 Å². The average Bonchev–Trinajstić information content (AvgIpc) is 2.55. The Balaban J connectivity index is 1.86. The van der Waals surface area contributed by atoms with Crippen molar-refractivity contribution in [1.82, 2.24) is 10.3 Å². The van der Waals surface area contributed by atoms with E-state index in [-0.39, 0.29) is 11.0 Å². The SMILES string of the molecule is COc1ccc(/C=C/C(=O)NC(=S)Nc2ccc(I)cn2)cc1. The molecule has 5 nitrogen and oxygen atoms in total. The van der Waals surface area contributed by atoms with Crippen LogP contribution < -0.4 is 15.4 Å². The topological polar surface area (TPSA) is 63.2 Å². The molecule has 0 radical (unpaired) electrons. The molecule has 2 N–H and O–H groups in total. The van der Waals surface area contributed by atoms with Gasteiger partial charge in [-0.1, -0.05) is 12.1 Å². The second-order valence-corrected chi connectivity index (χ2v) is 6.07. The number of ether oxygens (including phenoxy) is 1. The quantitative estimate of drug-likeness (QED) is 0.435. The van der Waals surface area contributed by atoms with Gasteiger partial charge in [0.25, 0.3) is 0 Å². The van der Waals surface area contributed by atoms with Crippen LogP contribution in [-0.4, -0.2) is 23.1 Å². The van der Waals surface area contributed by atoms with Crippen LogP contribution in [0, 0.1) is 3.57 Å². The maximum absolute atomic E-state index is 11.8. The van der Waals surface area contributed by atoms with Gasteiger partial charge in [-0.3, -0.25) is 10.1 Å². The number of rotatable bonds is 4. The van der Waals surface area contributed by atoms with Gasteiger partial charge in [-0.25, -0.2) is 4.98 Å². The summed E-state index contributed by atoms with van der Waals surface area (Å²) in [5.74, 6) is 1.03. The van der Waals surface area contributed by atoms with Gasteiger partial charge in [0.05, 0.1) is 7.11 Å². The number of aromatic nitrogens is 1. The molecular formula is C16H14IN3O2S. The first-order valence-electron chi connectivity index (χ1n) is 6.62. The maximum Gasteiger partial charge on any atom is 0.250 e. The molecule has 1 heterocycles. The number of nitrogens with zero attached hydrogens (tertiary/aromatic N) is 1. The third-order valence-corrected chi connectivity index (χ3v) is 3.59. The summed E-state index contributed by atoms with van der Waals surface area (Å²) >= 11 is 7.23. The first kappa shape index (κ1) is 17.4. The summed E-state index contributed by atoms with van der Waals surface area (Å²) in [5, 5.41) is 5.61. The number of anilines is 1. The Morgan fingerprint density at radius 3 is 2.61 bits per heavy atom. The fraction of sp³-hybridized carbons (Fsp3) is 0.0625. The van der Waals surface area contributed by atoms with E-state index in [1.165, 1.54) is 6.08 Å². The van der Waals surface area contributed by atoms with E-state index in [1.807, 2.05) is 30.3 Å². The number of thiocarbonyl (C=S) groups is 1. The minimum absolute atomic E-state index is 0.197. The standard InChI is InChI=1S/C16H14IN3O2S/c1-22-13-6-2-11(3-7-13)4-9-15(21)20-16(23)19-14-8-5-12(17)10-18-14/h2-10H,1H3,(H2,18,19,20,21,23)/b9-4+. The molecular weight excluding hydrogens is 425 g/mol. The summed E-state index contributed by atoms with van der Waals surface area (Å²) < 4.78 is 6.10. The van der Waals surface area contributed by atoms with Crippen LogP contribution in [0.15, 0.2) is 48.7 Å². The number of halogens is 1. The van der Waals surface area contributed by atoms with Gasteiger partial charge >= 0.3 is 0 Å². The van der Waals surface area contributed by atoms with Crippen LogP contribution in [0.25, 0.3) is 6.08 Å². The van der Waals surface area contributed by atoms with E-state index in [9.17, 15) is 4.79 Å². The lowest BCUT2D eigenvalue weighted by Crippen LogP contribution is -2.33. The predicted octanol–water partition coefficient (Wildman–Crippen LogP) is 3.22. The Kier molecular flexibility index (Phi) is 6.48. The van der Waals surface area contributed by atoms with Crippen molar-refractivity contribution in [3.05, 3.63) is 57.8 Å². The molecule has 7 heteroatoms. The number of hydrogen-bond donors (Lipinski definition) is 2. The number of methoxy groups -OCH3 is 1. The minimum atomic E-state index is -0.316. The van der Waals surface area contributed by atoms with E-state index in [4.69, 9.17) is 17.0 Å². The third kappa shape index (κ3) is 5.95. The molecule has 23 heavy (non-hydrogen) atoms. The van der Waals surface area contributed by atoms with Crippen LogP contribution in [0.4, 0.5) is 5.82 Å². The molecule has 0 atom stereocenters. The van der Waals surface area contributed by atoms with Crippen LogP contribution in [0.1, 0.15) is 5.56 Å². The van der Waals surface area contributed by atoms with Gasteiger partial charge < -0.3 is 10.1 Å². The lowest BCUT2D eigenvalue weighted by molar-refractivity contribution is -0.115. The minimum Gasteiger partial charge on any atom is -0.497 e. The van der Waals surface area contributed by atoms with Crippen LogP contribution in [0.3, 0.4) is 0 Å². The molecule has 0 unspecified atom stereocenters. The monoisotopic (exact) mass is 439 g/mol. The van der Waals surface area contributed by atoms with E-state index < -0.39 is 0 Å². The van der Waals surface area contributed by atoms with Crippen molar-refractivity contribution in [2.24, 2.45) is 0 Å². The molecule has 0 saturated heterocycles. The summed E-state index contributed by atoms with van der Waals surface area (Å²) in [7, 11) is 1.61. The zero-order valence-electron chi connectivity index (χ0n) is 12.2. The fourth-order valence-electron chi connectivity index (χ4n) is 1.64. The number of carbonyl (C=O) groups is 1. The zero-order chi connectivity index (χ0) is 16.7. The molecule has 1 aromatic carbocycles. The smallest absolute Gasteiger partial charge is 0.250 e. The predicted molar refractivity (Wildman–Crippen MR) is 103 cm³/mol. The highest BCUT2D eigenvalue weighted by atomic mass is 127. The Morgan fingerprint density at radius 1 is 1.26 bits per heavy atom. The molecule has 0 aliphatic heterocycles. The average molecular weight is 439 g/mol. The summed E-state index contributed by atoms with van der Waals surface area (Å²) in [6.07, 6.45) is 4.81. The summed E-state index contributed by atoms with van der Waals surface area (Å²) in [6.45, 7) is 0. The first-order valence-corrected chi connectivity index (χ1v) is 8.11. The normalized spacial score (nSPS) is 10.3. The molecule has 1 amide bonds. The molecule has 118 valence electrons. The van der Waals surface area contributed by atoms with Gasteiger partial charge in [-0.05, 0) is 70.7 Å². The highest BCUT2D eigenvalue weighted by Crippen LogP contribution is 2.12. The van der Waals surface area contributed by atoms with Gasteiger partial charge in [-0.15, -0.1) is 0 Å². The number of nitrogens with one attached hydrogen (secondary N) is 2. The van der Waals surface area contributed by atoms with Crippen LogP contribution in [-0.2, 0) is 4.79 Å². The second kappa shape index (κ2) is 8.59. The van der Waals surface area contributed by atoms with Gasteiger partial charge in [0.2, 0.25) is 5.91 Å². The van der Waals surface area contributed by atoms with E-state index in [2.05, 4.69) is 38.2 Å². The second-order valence-electron chi connectivity index (χ2n) is 4.41. The first-order chi connectivity index (χ1) is 11.1. The number of pyridine rings is 1. The summed E-state index contributed by atoms with van der Waals surface area (Å²) in [6, 6.07) is 11.0. The Bertz CT molecular complexity index is 715. The lowest BCUT2D eigenvalue weighted by atomic mass is 10.2. The zero-order valence-corrected chi connectivity index (χ0v) is 15.2. The largest absolute Gasteiger partial charge is 0.497 e. The highest BCUT2D eigenvalue weighted by Gasteiger charge is 2.02. The number of hydrogen-bond acceptors (Lipinski definition) is 4. The maximum atomic E-state index is 11.8. The molecule has 1 aromatic heterocycles. The van der Waals surface area contributed by atoms with Crippen LogP contribution >= 0.6 is 34.8 Å². The Labute approximate surface area is 153 Å². The lowest BCUT2D eigenvalue weighted by Gasteiger charge is -2.07. The molecule has 0 spiro atoms. The highest BCUT2D eigenvalue weighted by molar-refractivity contribution is 14.1. The van der Waals surface area contributed by atoms with Crippen molar-refractivity contribution in [3.8, 4) is 5.75 Å². The van der Waals surface area contributed by atoms with Gasteiger partial charge in [0.15, 0.2) is 5.11 Å². The van der Waals surface area contributed by atoms with E-state index in [1.54, 1.807) is 25.4 Å². The number of carbonyl (C=O) groups excluding carboxylic acids is 1. The van der Waals surface area contributed by atoms with Gasteiger partial charge in [0.1, 0.15) is 11.6 Å². The summed E-state index contributed by atoms with van der Waals surface area (Å²) in [5.41, 5.74) is 0.888. The number of amides is 1. The molecule has 0 saturated carbocycles. The summed E-state index contributed by atoms with van der Waals surface area (Å²) in [4.78, 5) is 16.0. The Hall–Kier alpha value is -2.00. The third-order valence-electron chi connectivity index (χ3n) is 2.75. The molecule has 2 aromatic rings. The Morgan fingerprint density at radius 2 is 2.00 bits per heavy atom. The van der Waals surface area contributed by atoms with Crippen molar-refractivity contribution in [3.63, 3.8) is 0 Å². The number of benzene rings is 1. The van der Waals surface area contributed by atoms with Crippen molar-refractivity contribution in [2.75, 3.05) is 12.4 Å². The van der Waals surface area contributed by atoms with Crippen molar-refractivity contribution >= 4 is 57.7 Å². The molecule has 0 aliphatic rings. The van der Waals surface area contributed by atoms with E-state index in [0.29, 0.717) is 5.82 Å². The van der Waals surface area contributed by atoms with Gasteiger partial charge in [0, 0.05) is 15.8 Å². The molecule has 0 fully saturated rings. The molecule has 0 bridgehead atoms.